The number of carbonyl (C=O) groups is 1. The van der Waals surface area contributed by atoms with Crippen LogP contribution in [-0.2, 0) is 14.8 Å². The summed E-state index contributed by atoms with van der Waals surface area (Å²) in [6.45, 7) is 6.34. The fourth-order valence-corrected chi connectivity index (χ4v) is 3.06. The Morgan fingerprint density at radius 3 is 2.50 bits per heavy atom. The maximum absolute atomic E-state index is 12.1. The molecule has 0 fully saturated rings. The molecule has 0 heterocycles. The van der Waals surface area contributed by atoms with Crippen LogP contribution in [0.4, 0.5) is 10.5 Å². The van der Waals surface area contributed by atoms with Crippen LogP contribution in [0.25, 0.3) is 0 Å². The fourth-order valence-electron chi connectivity index (χ4n) is 2.11. The van der Waals surface area contributed by atoms with Crippen molar-refractivity contribution >= 4 is 21.8 Å². The molecule has 6 nitrogen and oxygen atoms in total. The number of carbonyl (C=O) groups excluding carboxylic acids is 1. The first kappa shape index (κ1) is 18.3. The first-order valence-electron chi connectivity index (χ1n) is 7.24. The van der Waals surface area contributed by atoms with Crippen molar-refractivity contribution in [1.29, 1.82) is 0 Å². The standard InChI is InChI=1S/C15H24N2O4S/c1-5-21-15(18)16-10-11-17(22(4,19)20)14-9-7-6-8-13(14)12(2)3/h6-9,12H,5,10-11H2,1-4H3,(H,16,18). The van der Waals surface area contributed by atoms with Crippen molar-refractivity contribution in [2.45, 2.75) is 26.7 Å². The van der Waals surface area contributed by atoms with E-state index in [1.54, 1.807) is 19.1 Å². The topological polar surface area (TPSA) is 75.7 Å². The average Bonchev–Trinajstić information content (AvgIpc) is 2.42. The average molecular weight is 328 g/mol. The summed E-state index contributed by atoms with van der Waals surface area (Å²) >= 11 is 0. The van der Waals surface area contributed by atoms with Gasteiger partial charge in [-0.1, -0.05) is 32.0 Å². The van der Waals surface area contributed by atoms with Gasteiger partial charge in [-0.3, -0.25) is 4.31 Å². The van der Waals surface area contributed by atoms with E-state index in [1.807, 2.05) is 26.0 Å². The number of sulfonamides is 1. The molecule has 1 rings (SSSR count). The smallest absolute Gasteiger partial charge is 0.407 e. The number of nitrogens with one attached hydrogen (secondary N) is 1. The summed E-state index contributed by atoms with van der Waals surface area (Å²) in [6, 6.07) is 7.38. The number of amides is 1. The van der Waals surface area contributed by atoms with E-state index in [0.717, 1.165) is 11.8 Å². The Morgan fingerprint density at radius 2 is 1.95 bits per heavy atom. The number of hydrogen-bond acceptors (Lipinski definition) is 4. The molecule has 0 aromatic heterocycles. The van der Waals surface area contributed by atoms with Gasteiger partial charge < -0.3 is 10.1 Å². The molecular formula is C15H24N2O4S. The summed E-state index contributed by atoms with van der Waals surface area (Å²) < 4.78 is 30.3. The Hall–Kier alpha value is -1.76. The number of hydrogen-bond donors (Lipinski definition) is 1. The SMILES string of the molecule is CCOC(=O)NCCN(c1ccccc1C(C)C)S(C)(=O)=O. The molecule has 0 atom stereocenters. The first-order valence-corrected chi connectivity index (χ1v) is 9.09. The van der Waals surface area contributed by atoms with Crippen molar-refractivity contribution < 1.29 is 17.9 Å². The molecule has 0 aliphatic rings. The van der Waals surface area contributed by atoms with Crippen LogP contribution in [0.1, 0.15) is 32.3 Å². The summed E-state index contributed by atoms with van der Waals surface area (Å²) in [5.41, 5.74) is 1.59. The minimum absolute atomic E-state index is 0.154. The molecule has 0 saturated carbocycles. The Balaban J connectivity index is 2.94. The zero-order valence-corrected chi connectivity index (χ0v) is 14.3. The Kier molecular flexibility index (Phi) is 6.67. The lowest BCUT2D eigenvalue weighted by Gasteiger charge is -2.26. The molecule has 0 bridgehead atoms. The number of benzene rings is 1. The van der Waals surface area contributed by atoms with Gasteiger partial charge >= 0.3 is 6.09 Å². The normalized spacial score (nSPS) is 11.3. The molecule has 1 aromatic carbocycles. The Bertz CT molecular complexity index is 599. The molecule has 1 aromatic rings. The molecule has 1 amide bonds. The summed E-state index contributed by atoms with van der Waals surface area (Å²) in [5.74, 6) is 0.193. The number of para-hydroxylation sites is 1. The largest absolute Gasteiger partial charge is 0.450 e. The molecule has 22 heavy (non-hydrogen) atoms. The molecule has 0 unspecified atom stereocenters. The highest BCUT2D eigenvalue weighted by atomic mass is 32.2. The molecule has 0 radical (unpaired) electrons. The minimum atomic E-state index is -3.44. The maximum Gasteiger partial charge on any atom is 0.407 e. The number of alkyl carbamates (subject to hydrolysis) is 1. The molecule has 7 heteroatoms. The maximum atomic E-state index is 12.1. The van der Waals surface area contributed by atoms with Crippen LogP contribution >= 0.6 is 0 Å². The van der Waals surface area contributed by atoms with Gasteiger partial charge in [-0.15, -0.1) is 0 Å². The lowest BCUT2D eigenvalue weighted by Crippen LogP contribution is -2.38. The summed E-state index contributed by atoms with van der Waals surface area (Å²) in [5, 5.41) is 2.54. The Morgan fingerprint density at radius 1 is 1.32 bits per heavy atom. The van der Waals surface area contributed by atoms with Gasteiger partial charge in [0.1, 0.15) is 0 Å². The molecule has 0 spiro atoms. The second-order valence-corrected chi connectivity index (χ2v) is 7.10. The van der Waals surface area contributed by atoms with Gasteiger partial charge in [-0.25, -0.2) is 13.2 Å². The van der Waals surface area contributed by atoms with Gasteiger partial charge in [-0.05, 0) is 24.5 Å². The molecule has 0 saturated heterocycles. The van der Waals surface area contributed by atoms with Crippen molar-refractivity contribution in [2.24, 2.45) is 0 Å². The number of anilines is 1. The highest BCUT2D eigenvalue weighted by molar-refractivity contribution is 7.92. The highest BCUT2D eigenvalue weighted by Crippen LogP contribution is 2.28. The monoisotopic (exact) mass is 328 g/mol. The van der Waals surface area contributed by atoms with Crippen molar-refractivity contribution in [1.82, 2.24) is 5.32 Å². The van der Waals surface area contributed by atoms with Gasteiger partial charge in [0.2, 0.25) is 10.0 Å². The van der Waals surface area contributed by atoms with Gasteiger partial charge in [0.25, 0.3) is 0 Å². The van der Waals surface area contributed by atoms with Crippen molar-refractivity contribution in [2.75, 3.05) is 30.3 Å². The summed E-state index contributed by atoms with van der Waals surface area (Å²) in [4.78, 5) is 11.3. The third-order valence-electron chi connectivity index (χ3n) is 3.09. The highest BCUT2D eigenvalue weighted by Gasteiger charge is 2.21. The van der Waals surface area contributed by atoms with Crippen LogP contribution in [0, 0.1) is 0 Å². The van der Waals surface area contributed by atoms with Crippen LogP contribution in [0.5, 0.6) is 0 Å². The van der Waals surface area contributed by atoms with Crippen molar-refractivity contribution in [3.05, 3.63) is 29.8 Å². The minimum Gasteiger partial charge on any atom is -0.450 e. The lowest BCUT2D eigenvalue weighted by molar-refractivity contribution is 0.152. The zero-order valence-electron chi connectivity index (χ0n) is 13.5. The van der Waals surface area contributed by atoms with Gasteiger partial charge in [0, 0.05) is 6.54 Å². The van der Waals surface area contributed by atoms with E-state index in [9.17, 15) is 13.2 Å². The van der Waals surface area contributed by atoms with E-state index in [-0.39, 0.29) is 25.6 Å². The van der Waals surface area contributed by atoms with E-state index < -0.39 is 16.1 Å². The summed E-state index contributed by atoms with van der Waals surface area (Å²) in [6.07, 6.45) is 0.613. The van der Waals surface area contributed by atoms with Crippen molar-refractivity contribution in [3.63, 3.8) is 0 Å². The van der Waals surface area contributed by atoms with E-state index >= 15 is 0 Å². The summed E-state index contributed by atoms with van der Waals surface area (Å²) in [7, 11) is -3.44. The number of nitrogens with zero attached hydrogens (tertiary/aromatic N) is 1. The van der Waals surface area contributed by atoms with E-state index in [0.29, 0.717) is 5.69 Å². The third kappa shape index (κ3) is 5.22. The zero-order chi connectivity index (χ0) is 16.8. The van der Waals surface area contributed by atoms with Gasteiger partial charge in [-0.2, -0.15) is 0 Å². The molecule has 0 aliphatic heterocycles. The van der Waals surface area contributed by atoms with E-state index in [1.165, 1.54) is 4.31 Å². The molecule has 1 N–H and O–H groups in total. The van der Waals surface area contributed by atoms with Crippen LogP contribution in [-0.4, -0.2) is 40.5 Å². The molecular weight excluding hydrogens is 304 g/mol. The predicted octanol–water partition coefficient (Wildman–Crippen LogP) is 2.32. The second-order valence-electron chi connectivity index (χ2n) is 5.20. The van der Waals surface area contributed by atoms with Crippen LogP contribution < -0.4 is 9.62 Å². The quantitative estimate of drug-likeness (QED) is 0.833. The van der Waals surface area contributed by atoms with E-state index in [4.69, 9.17) is 4.74 Å². The van der Waals surface area contributed by atoms with Crippen molar-refractivity contribution in [3.8, 4) is 0 Å². The lowest BCUT2D eigenvalue weighted by atomic mass is 10.0. The van der Waals surface area contributed by atoms with Gasteiger partial charge in [0.05, 0.1) is 25.1 Å². The van der Waals surface area contributed by atoms with Crippen LogP contribution in [0.2, 0.25) is 0 Å². The third-order valence-corrected chi connectivity index (χ3v) is 4.27. The molecule has 0 aliphatic carbocycles. The first-order chi connectivity index (χ1) is 10.3. The van der Waals surface area contributed by atoms with Crippen LogP contribution in [0.3, 0.4) is 0 Å². The van der Waals surface area contributed by atoms with E-state index in [2.05, 4.69) is 5.32 Å². The fraction of sp³-hybridized carbons (Fsp3) is 0.533. The van der Waals surface area contributed by atoms with Gasteiger partial charge in [0.15, 0.2) is 0 Å². The Labute approximate surface area is 132 Å². The van der Waals surface area contributed by atoms with Crippen LogP contribution in [0.15, 0.2) is 24.3 Å². The number of rotatable bonds is 7. The second kappa shape index (κ2) is 8.03. The molecule has 124 valence electrons. The predicted molar refractivity (Wildman–Crippen MR) is 87.7 cm³/mol. The number of ether oxygens (including phenoxy) is 1.